The lowest BCUT2D eigenvalue weighted by Crippen LogP contribution is -2.22. The van der Waals surface area contributed by atoms with Crippen molar-refractivity contribution in [2.45, 2.75) is 36.9 Å². The zero-order chi connectivity index (χ0) is 26.6. The van der Waals surface area contributed by atoms with Crippen LogP contribution in [-0.4, -0.2) is 42.2 Å². The van der Waals surface area contributed by atoms with E-state index < -0.39 is 0 Å². The minimum absolute atomic E-state index is 0.0412. The molecule has 1 aromatic carbocycles. The second kappa shape index (κ2) is 11.6. The van der Waals surface area contributed by atoms with Gasteiger partial charge in [-0.1, -0.05) is 54.2 Å². The monoisotopic (exact) mass is 572 g/mol. The average molecular weight is 573 g/mol. The van der Waals surface area contributed by atoms with Crippen LogP contribution >= 0.6 is 34.4 Å². The van der Waals surface area contributed by atoms with Gasteiger partial charge in [-0.2, -0.15) is 0 Å². The highest BCUT2D eigenvalue weighted by Crippen LogP contribution is 2.34. The third-order valence-corrected chi connectivity index (χ3v) is 9.36. The maximum absolute atomic E-state index is 12.9. The first-order valence-corrected chi connectivity index (χ1v) is 15.2. The number of fused-ring (bicyclic) bond motifs is 1. The summed E-state index contributed by atoms with van der Waals surface area (Å²) in [7, 11) is 0. The summed E-state index contributed by atoms with van der Waals surface area (Å²) in [6.45, 7) is 0.696. The molecule has 0 bridgehead atoms. The van der Waals surface area contributed by atoms with Gasteiger partial charge in [0.05, 0.1) is 21.9 Å². The Kier molecular flexibility index (Phi) is 7.62. The minimum atomic E-state index is -0.243. The Hall–Kier alpha value is -3.67. The van der Waals surface area contributed by atoms with Crippen LogP contribution in [0.4, 0.5) is 5.95 Å². The zero-order valence-corrected chi connectivity index (χ0v) is 23.3. The summed E-state index contributed by atoms with van der Waals surface area (Å²) in [5, 5.41) is 16.3. The lowest BCUT2D eigenvalue weighted by Gasteiger charge is -2.22. The molecular formula is C28H24N6O2S3. The molecule has 0 radical (unpaired) electrons. The molecule has 11 heteroatoms. The van der Waals surface area contributed by atoms with Gasteiger partial charge < -0.3 is 4.57 Å². The molecule has 1 amide bonds. The molecular weight excluding hydrogens is 549 g/mol. The summed E-state index contributed by atoms with van der Waals surface area (Å²) in [5.74, 6) is 1.05. The number of nitrogens with zero attached hydrogens (tertiary/aromatic N) is 5. The van der Waals surface area contributed by atoms with Crippen LogP contribution in [0, 0.1) is 0 Å². The third-order valence-electron chi connectivity index (χ3n) is 6.49. The number of hydrogen-bond donors (Lipinski definition) is 1. The number of aryl methyl sites for hydroxylation is 1. The number of carbonyl (C=O) groups is 2. The van der Waals surface area contributed by atoms with Crippen molar-refractivity contribution < 1.29 is 9.59 Å². The highest BCUT2D eigenvalue weighted by atomic mass is 32.2. The molecule has 0 saturated heterocycles. The molecule has 4 heterocycles. The molecule has 0 spiro atoms. The first kappa shape index (κ1) is 25.6. The third kappa shape index (κ3) is 5.85. The number of benzene rings is 1. The van der Waals surface area contributed by atoms with Gasteiger partial charge in [-0.15, -0.1) is 32.9 Å². The van der Waals surface area contributed by atoms with Gasteiger partial charge in [0, 0.05) is 30.0 Å². The van der Waals surface area contributed by atoms with E-state index in [0.29, 0.717) is 35.8 Å². The van der Waals surface area contributed by atoms with Gasteiger partial charge in [0.25, 0.3) is 0 Å². The number of nitrogens with one attached hydrogen (secondary N) is 1. The van der Waals surface area contributed by atoms with E-state index in [-0.39, 0.29) is 29.3 Å². The van der Waals surface area contributed by atoms with Crippen molar-refractivity contribution in [1.29, 1.82) is 0 Å². The molecule has 1 aliphatic carbocycles. The molecule has 0 aliphatic heterocycles. The van der Waals surface area contributed by atoms with Gasteiger partial charge in [-0.25, -0.2) is 9.97 Å². The van der Waals surface area contributed by atoms with Gasteiger partial charge in [-0.05, 0) is 41.3 Å². The van der Waals surface area contributed by atoms with Gasteiger partial charge in [0.1, 0.15) is 0 Å². The van der Waals surface area contributed by atoms with Crippen molar-refractivity contribution in [1.82, 2.24) is 24.7 Å². The Balaban J connectivity index is 1.13. The van der Waals surface area contributed by atoms with Crippen LogP contribution in [0.1, 0.15) is 38.8 Å². The number of thioether (sulfide) groups is 1. The molecule has 0 fully saturated rings. The fraction of sp³-hybridized carbons (Fsp3) is 0.214. The van der Waals surface area contributed by atoms with Crippen molar-refractivity contribution in [3.8, 4) is 10.7 Å². The smallest absolute Gasteiger partial charge is 0.237 e. The van der Waals surface area contributed by atoms with Gasteiger partial charge in [0.2, 0.25) is 11.9 Å². The van der Waals surface area contributed by atoms with Crippen molar-refractivity contribution in [3.05, 3.63) is 93.3 Å². The standard InChI is InChI=1S/C28H24N6O2S3/c35-22-15-19(23-8-4-12-37-23)14-21-20(22)16-29-27(30-21)31-25(36)17-39-28-33-32-26(24-9-5-13-38-24)34(28)11-10-18-6-2-1-3-7-18/h1-9,12-13,16,19H,10-11,14-15,17H2,(H,29,30,31,36)/t19-/m1/s1. The number of Topliss-reactive ketones (excluding diaryl/α,β-unsaturated/α-hetero) is 1. The summed E-state index contributed by atoms with van der Waals surface area (Å²) in [4.78, 5) is 36.5. The highest BCUT2D eigenvalue weighted by molar-refractivity contribution is 7.99. The minimum Gasteiger partial charge on any atom is -0.301 e. The SMILES string of the molecule is O=C(CSc1nnc(-c2cccs2)n1CCc1ccccc1)Nc1ncc2c(n1)C[C@@H](c1cccs1)CC2=O. The second-order valence-corrected chi connectivity index (χ2v) is 12.0. The van der Waals surface area contributed by atoms with Crippen LogP contribution < -0.4 is 5.32 Å². The maximum Gasteiger partial charge on any atom is 0.237 e. The van der Waals surface area contributed by atoms with Gasteiger partial charge in [0.15, 0.2) is 16.8 Å². The summed E-state index contributed by atoms with van der Waals surface area (Å²) in [5.41, 5.74) is 2.45. The largest absolute Gasteiger partial charge is 0.301 e. The van der Waals surface area contributed by atoms with Crippen LogP contribution in [0.25, 0.3) is 10.7 Å². The molecule has 1 N–H and O–H groups in total. The van der Waals surface area contributed by atoms with E-state index in [1.807, 2.05) is 47.2 Å². The number of aromatic nitrogens is 5. The Labute approximate surface area is 237 Å². The van der Waals surface area contributed by atoms with Crippen molar-refractivity contribution in [2.75, 3.05) is 11.1 Å². The molecule has 6 rings (SSSR count). The molecule has 5 aromatic rings. The summed E-state index contributed by atoms with van der Waals surface area (Å²) < 4.78 is 2.07. The topological polar surface area (TPSA) is 103 Å². The Morgan fingerprint density at radius 3 is 2.67 bits per heavy atom. The lowest BCUT2D eigenvalue weighted by molar-refractivity contribution is -0.113. The predicted octanol–water partition coefficient (Wildman–Crippen LogP) is 5.74. The summed E-state index contributed by atoms with van der Waals surface area (Å²) in [6, 6.07) is 18.3. The molecule has 4 aromatic heterocycles. The number of thiophene rings is 2. The second-order valence-electron chi connectivity index (χ2n) is 9.11. The first-order valence-electron chi connectivity index (χ1n) is 12.5. The quantitative estimate of drug-likeness (QED) is 0.225. The van der Waals surface area contributed by atoms with E-state index in [2.05, 4.69) is 48.2 Å². The number of carbonyl (C=O) groups excluding carboxylic acids is 2. The van der Waals surface area contributed by atoms with Crippen LogP contribution in [0.2, 0.25) is 0 Å². The van der Waals surface area contributed by atoms with E-state index in [4.69, 9.17) is 0 Å². The normalized spacial score (nSPS) is 14.8. The Bertz CT molecular complexity index is 1580. The van der Waals surface area contributed by atoms with E-state index in [0.717, 1.165) is 17.1 Å². The number of anilines is 1. The van der Waals surface area contributed by atoms with E-state index in [1.165, 1.54) is 28.4 Å². The van der Waals surface area contributed by atoms with E-state index >= 15 is 0 Å². The Morgan fingerprint density at radius 2 is 1.87 bits per heavy atom. The van der Waals surface area contributed by atoms with Crippen LogP contribution in [0.15, 0.2) is 76.7 Å². The summed E-state index contributed by atoms with van der Waals surface area (Å²) >= 11 is 4.59. The number of hydrogen-bond acceptors (Lipinski definition) is 9. The first-order chi connectivity index (χ1) is 19.1. The van der Waals surface area contributed by atoms with Gasteiger partial charge in [-0.3, -0.25) is 14.9 Å². The number of rotatable bonds is 9. The van der Waals surface area contributed by atoms with Crippen LogP contribution in [0.3, 0.4) is 0 Å². The van der Waals surface area contributed by atoms with E-state index in [9.17, 15) is 9.59 Å². The van der Waals surface area contributed by atoms with Crippen molar-refractivity contribution in [2.24, 2.45) is 0 Å². The van der Waals surface area contributed by atoms with Crippen LogP contribution in [-0.2, 0) is 24.2 Å². The van der Waals surface area contributed by atoms with Crippen molar-refractivity contribution >= 4 is 52.1 Å². The average Bonchev–Trinajstić information content (AvgIpc) is 3.73. The molecule has 1 atom stereocenters. The zero-order valence-electron chi connectivity index (χ0n) is 20.8. The summed E-state index contributed by atoms with van der Waals surface area (Å²) in [6.07, 6.45) is 3.46. The predicted molar refractivity (Wildman–Crippen MR) is 155 cm³/mol. The van der Waals surface area contributed by atoms with E-state index in [1.54, 1.807) is 22.7 Å². The van der Waals surface area contributed by atoms with Gasteiger partial charge >= 0.3 is 0 Å². The molecule has 0 unspecified atom stereocenters. The highest BCUT2D eigenvalue weighted by Gasteiger charge is 2.29. The molecule has 196 valence electrons. The molecule has 1 aliphatic rings. The number of ketones is 1. The maximum atomic E-state index is 12.9. The van der Waals surface area contributed by atoms with Crippen LogP contribution in [0.5, 0.6) is 0 Å². The van der Waals surface area contributed by atoms with Crippen molar-refractivity contribution in [3.63, 3.8) is 0 Å². The Morgan fingerprint density at radius 1 is 1.03 bits per heavy atom. The molecule has 0 saturated carbocycles. The number of amides is 1. The fourth-order valence-corrected chi connectivity index (χ4v) is 6.90. The molecule has 8 nitrogen and oxygen atoms in total. The lowest BCUT2D eigenvalue weighted by atomic mass is 9.86. The molecule has 39 heavy (non-hydrogen) atoms. The fourth-order valence-electron chi connectivity index (χ4n) is 4.59.